The van der Waals surface area contributed by atoms with E-state index in [1.807, 2.05) is 0 Å². The molecule has 1 aliphatic heterocycles. The number of nitrogens with one attached hydrogen (secondary N) is 1. The highest BCUT2D eigenvalue weighted by molar-refractivity contribution is 7.92. The molecule has 1 amide bonds. The number of halogens is 1. The van der Waals surface area contributed by atoms with Crippen LogP contribution in [0.3, 0.4) is 0 Å². The van der Waals surface area contributed by atoms with Gasteiger partial charge in [0, 0.05) is 5.02 Å². The van der Waals surface area contributed by atoms with E-state index >= 15 is 0 Å². The van der Waals surface area contributed by atoms with Crippen LogP contribution in [0.4, 0.5) is 4.79 Å². The van der Waals surface area contributed by atoms with Crippen molar-refractivity contribution in [2.45, 2.75) is 74.3 Å². The van der Waals surface area contributed by atoms with Crippen LogP contribution in [-0.2, 0) is 24.2 Å². The van der Waals surface area contributed by atoms with Crippen molar-refractivity contribution >= 4 is 33.5 Å². The highest BCUT2D eigenvalue weighted by atomic mass is 35.5. The minimum absolute atomic E-state index is 0.0980. The van der Waals surface area contributed by atoms with Crippen LogP contribution in [0.15, 0.2) is 23.1 Å². The van der Waals surface area contributed by atoms with E-state index in [0.717, 1.165) is 5.06 Å². The van der Waals surface area contributed by atoms with Gasteiger partial charge in [0.2, 0.25) is 5.91 Å². The summed E-state index contributed by atoms with van der Waals surface area (Å²) in [5.74, 6) is -0.571. The van der Waals surface area contributed by atoms with E-state index in [0.29, 0.717) is 23.4 Å². The fourth-order valence-corrected chi connectivity index (χ4v) is 5.65. The van der Waals surface area contributed by atoms with Crippen molar-refractivity contribution in [1.82, 2.24) is 10.4 Å². The Hall–Kier alpha value is -2.35. The van der Waals surface area contributed by atoms with E-state index in [1.54, 1.807) is 33.8 Å². The molecule has 1 heterocycles. The first-order chi connectivity index (χ1) is 14.8. The standard InChI is InChI=1S/C21H26ClN3O6S/c1-13-9-14(22)5-6-17(13)32(28,29)15-10-16(18(26)24-21(12-23)7-8-21)25(11-15)31-19(27)30-20(2,3)4/h5-6,9,15-16H,7-8,10-11H2,1-4H3,(H,24,26)/t15-,16+/m1/s1. The second-order valence-electron chi connectivity index (χ2n) is 9.17. The first kappa shape index (κ1) is 24.3. The Bertz CT molecular complexity index is 1070. The molecule has 0 aromatic heterocycles. The van der Waals surface area contributed by atoms with E-state index in [2.05, 4.69) is 11.4 Å². The molecule has 0 spiro atoms. The van der Waals surface area contributed by atoms with E-state index in [1.165, 1.54) is 12.1 Å². The van der Waals surface area contributed by atoms with Crippen LogP contribution in [0.25, 0.3) is 0 Å². The number of rotatable bonds is 5. The topological polar surface area (TPSA) is 126 Å². The molecule has 0 unspecified atom stereocenters. The predicted octanol–water partition coefficient (Wildman–Crippen LogP) is 2.90. The van der Waals surface area contributed by atoms with Gasteiger partial charge in [0.15, 0.2) is 9.84 Å². The van der Waals surface area contributed by atoms with Crippen LogP contribution in [0.1, 0.15) is 45.6 Å². The Balaban J connectivity index is 1.85. The van der Waals surface area contributed by atoms with Gasteiger partial charge in [-0.1, -0.05) is 11.6 Å². The zero-order valence-corrected chi connectivity index (χ0v) is 19.9. The van der Waals surface area contributed by atoms with Gasteiger partial charge in [-0.05, 0) is 70.7 Å². The van der Waals surface area contributed by atoms with Crippen molar-refractivity contribution in [2.24, 2.45) is 0 Å². The maximum absolute atomic E-state index is 13.3. The minimum atomic E-state index is -3.87. The second kappa shape index (κ2) is 8.54. The lowest BCUT2D eigenvalue weighted by molar-refractivity contribution is -0.162. The maximum atomic E-state index is 13.3. The molecule has 1 saturated heterocycles. The largest absolute Gasteiger partial charge is 0.528 e. The highest BCUT2D eigenvalue weighted by Gasteiger charge is 2.50. The number of aryl methyl sites for hydroxylation is 1. The summed E-state index contributed by atoms with van der Waals surface area (Å²) in [7, 11) is -3.87. The quantitative estimate of drug-likeness (QED) is 0.633. The van der Waals surface area contributed by atoms with Crippen molar-refractivity contribution in [3.63, 3.8) is 0 Å². The molecular formula is C21H26ClN3O6S. The molecule has 3 rings (SSSR count). The van der Waals surface area contributed by atoms with Gasteiger partial charge in [-0.25, -0.2) is 13.2 Å². The second-order valence-corrected chi connectivity index (χ2v) is 11.8. The Kier molecular flexibility index (Phi) is 6.48. The van der Waals surface area contributed by atoms with E-state index < -0.39 is 44.3 Å². The Morgan fingerprint density at radius 1 is 1.31 bits per heavy atom. The smallest absolute Gasteiger partial charge is 0.427 e. The molecule has 1 saturated carbocycles. The molecule has 1 aliphatic carbocycles. The lowest BCUT2D eigenvalue weighted by Crippen LogP contribution is -2.48. The SMILES string of the molecule is Cc1cc(Cl)ccc1S(=O)(=O)[C@@H]1C[C@@H](C(=O)NC2(C#N)CC2)N(OC(=O)OC(C)(C)C)C1. The fourth-order valence-electron chi connectivity index (χ4n) is 3.52. The average molecular weight is 484 g/mol. The molecule has 2 fully saturated rings. The molecule has 9 nitrogen and oxygen atoms in total. The van der Waals surface area contributed by atoms with Crippen LogP contribution in [0.2, 0.25) is 5.02 Å². The van der Waals surface area contributed by atoms with E-state index in [4.69, 9.17) is 21.2 Å². The zero-order valence-electron chi connectivity index (χ0n) is 18.3. The van der Waals surface area contributed by atoms with E-state index in [9.17, 15) is 23.3 Å². The average Bonchev–Trinajstić information content (AvgIpc) is 3.29. The molecule has 0 radical (unpaired) electrons. The lowest BCUT2D eigenvalue weighted by Gasteiger charge is -2.25. The molecule has 174 valence electrons. The molecule has 1 aromatic rings. The van der Waals surface area contributed by atoms with Crippen LogP contribution in [0, 0.1) is 18.3 Å². The van der Waals surface area contributed by atoms with Crippen molar-refractivity contribution in [3.8, 4) is 6.07 Å². The van der Waals surface area contributed by atoms with Crippen molar-refractivity contribution in [3.05, 3.63) is 28.8 Å². The number of amides is 1. The monoisotopic (exact) mass is 483 g/mol. The summed E-state index contributed by atoms with van der Waals surface area (Å²) in [6.45, 7) is 6.38. The first-order valence-corrected chi connectivity index (χ1v) is 12.1. The Labute approximate surface area is 192 Å². The molecule has 32 heavy (non-hydrogen) atoms. The fraction of sp³-hybridized carbons (Fsp3) is 0.571. The van der Waals surface area contributed by atoms with Gasteiger partial charge in [-0.15, -0.1) is 5.06 Å². The van der Waals surface area contributed by atoms with E-state index in [-0.39, 0.29) is 17.9 Å². The van der Waals surface area contributed by atoms with Crippen LogP contribution in [0.5, 0.6) is 0 Å². The number of carbonyl (C=O) groups is 2. The number of hydrogen-bond acceptors (Lipinski definition) is 8. The van der Waals surface area contributed by atoms with Crippen molar-refractivity contribution in [1.29, 1.82) is 5.26 Å². The third kappa shape index (κ3) is 5.34. The zero-order chi connectivity index (χ0) is 23.9. The Morgan fingerprint density at radius 3 is 2.50 bits per heavy atom. The van der Waals surface area contributed by atoms with Gasteiger partial charge in [0.05, 0.1) is 22.8 Å². The number of benzene rings is 1. The molecule has 2 aliphatic rings. The summed E-state index contributed by atoms with van der Waals surface area (Å²) in [5, 5.41) is 12.4. The Morgan fingerprint density at radius 2 is 1.97 bits per heavy atom. The van der Waals surface area contributed by atoms with Crippen LogP contribution in [-0.4, -0.2) is 54.5 Å². The van der Waals surface area contributed by atoms with Crippen molar-refractivity contribution in [2.75, 3.05) is 6.54 Å². The molecular weight excluding hydrogens is 458 g/mol. The lowest BCUT2D eigenvalue weighted by atomic mass is 10.2. The summed E-state index contributed by atoms with van der Waals surface area (Å²) in [4.78, 5) is 30.5. The highest BCUT2D eigenvalue weighted by Crippen LogP contribution is 2.36. The molecule has 0 bridgehead atoms. The summed E-state index contributed by atoms with van der Waals surface area (Å²) in [6, 6.07) is 5.44. The van der Waals surface area contributed by atoms with Gasteiger partial charge in [0.25, 0.3) is 0 Å². The summed E-state index contributed by atoms with van der Waals surface area (Å²) in [6.07, 6.45) is -0.126. The van der Waals surface area contributed by atoms with Crippen molar-refractivity contribution < 1.29 is 27.6 Å². The third-order valence-electron chi connectivity index (χ3n) is 5.31. The normalized spacial score (nSPS) is 22.6. The number of carbonyl (C=O) groups excluding carboxylic acids is 2. The summed E-state index contributed by atoms with van der Waals surface area (Å²) in [5.41, 5.74) is -1.30. The number of nitrogens with zero attached hydrogens (tertiary/aromatic N) is 2. The maximum Gasteiger partial charge on any atom is 0.528 e. The summed E-state index contributed by atoms with van der Waals surface area (Å²) < 4.78 is 31.8. The molecule has 1 N–H and O–H groups in total. The molecule has 2 atom stereocenters. The molecule has 11 heteroatoms. The predicted molar refractivity (Wildman–Crippen MR) is 115 cm³/mol. The summed E-state index contributed by atoms with van der Waals surface area (Å²) >= 11 is 5.95. The number of sulfone groups is 1. The third-order valence-corrected chi connectivity index (χ3v) is 7.84. The number of nitriles is 1. The number of hydrogen-bond donors (Lipinski definition) is 1. The first-order valence-electron chi connectivity index (χ1n) is 10.2. The van der Waals surface area contributed by atoms with Gasteiger partial charge < -0.3 is 14.9 Å². The van der Waals surface area contributed by atoms with Crippen LogP contribution >= 0.6 is 11.6 Å². The van der Waals surface area contributed by atoms with Crippen LogP contribution < -0.4 is 5.32 Å². The van der Waals surface area contributed by atoms with Gasteiger partial charge in [-0.3, -0.25) is 4.79 Å². The van der Waals surface area contributed by atoms with Gasteiger partial charge >= 0.3 is 6.16 Å². The molecule has 1 aromatic carbocycles. The van der Waals surface area contributed by atoms with Gasteiger partial charge in [-0.2, -0.15) is 5.26 Å². The minimum Gasteiger partial charge on any atom is -0.427 e. The number of ether oxygens (including phenoxy) is 1. The number of hydroxylamine groups is 2. The van der Waals surface area contributed by atoms with Gasteiger partial charge in [0.1, 0.15) is 17.2 Å².